The van der Waals surface area contributed by atoms with Gasteiger partial charge in [0.25, 0.3) is 0 Å². The van der Waals surface area contributed by atoms with Crippen LogP contribution in [-0.4, -0.2) is 10.4 Å². The van der Waals surface area contributed by atoms with Crippen LogP contribution in [0.3, 0.4) is 0 Å². The van der Waals surface area contributed by atoms with Gasteiger partial charge >= 0.3 is 0 Å². The van der Waals surface area contributed by atoms with Crippen molar-refractivity contribution >= 4 is 16.7 Å². The van der Waals surface area contributed by atoms with E-state index in [9.17, 15) is 4.79 Å². The average molecular weight is 380 g/mol. The van der Waals surface area contributed by atoms with E-state index in [2.05, 4.69) is 66.9 Å². The molecule has 5 rings (SSSR count). The van der Waals surface area contributed by atoms with Gasteiger partial charge < -0.3 is 4.57 Å². The summed E-state index contributed by atoms with van der Waals surface area (Å²) in [7, 11) is 0. The monoisotopic (exact) mass is 379 g/mol. The Bertz CT molecular complexity index is 1210. The topological polar surface area (TPSA) is 22.0 Å². The minimum atomic E-state index is 0.112. The molecule has 0 amide bonds. The number of fused-ring (bicyclic) bond motifs is 2. The van der Waals surface area contributed by atoms with Crippen LogP contribution in [-0.2, 0) is 19.4 Å². The molecule has 3 aromatic carbocycles. The quantitative estimate of drug-likeness (QED) is 0.396. The minimum absolute atomic E-state index is 0.112. The number of carbonyl (C=O) groups excluding carboxylic acids is 1. The molecule has 0 bridgehead atoms. The maximum atomic E-state index is 13.5. The summed E-state index contributed by atoms with van der Waals surface area (Å²) in [5.41, 5.74) is 6.91. The molecule has 0 spiro atoms. The number of rotatable bonds is 4. The van der Waals surface area contributed by atoms with Crippen molar-refractivity contribution in [2.24, 2.45) is 5.41 Å². The van der Waals surface area contributed by atoms with Crippen LogP contribution in [0, 0.1) is 5.41 Å². The first-order valence-corrected chi connectivity index (χ1v) is 10.3. The van der Waals surface area contributed by atoms with Crippen LogP contribution in [0.4, 0.5) is 0 Å². The molecule has 4 aromatic rings. The Labute approximate surface area is 171 Å². The van der Waals surface area contributed by atoms with Gasteiger partial charge in [-0.2, -0.15) is 0 Å². The van der Waals surface area contributed by atoms with Crippen molar-refractivity contribution in [3.8, 4) is 0 Å². The summed E-state index contributed by atoms with van der Waals surface area (Å²) < 4.78 is 2.19. The van der Waals surface area contributed by atoms with E-state index in [0.29, 0.717) is 0 Å². The smallest absolute Gasteiger partial charge is 0.195 e. The SMILES string of the molecule is CC1(C)Cc2ccc(C(=O)c3cn(Cc4ccccc4)c4ccccc34)cc2C1. The molecule has 144 valence electrons. The molecule has 1 aromatic heterocycles. The molecule has 0 radical (unpaired) electrons. The van der Waals surface area contributed by atoms with Gasteiger partial charge in [-0.25, -0.2) is 0 Å². The maximum Gasteiger partial charge on any atom is 0.195 e. The van der Waals surface area contributed by atoms with E-state index in [-0.39, 0.29) is 11.2 Å². The normalized spacial score (nSPS) is 14.8. The third-order valence-corrected chi connectivity index (χ3v) is 6.04. The van der Waals surface area contributed by atoms with E-state index in [1.807, 2.05) is 30.5 Å². The van der Waals surface area contributed by atoms with E-state index in [1.165, 1.54) is 16.7 Å². The van der Waals surface area contributed by atoms with E-state index in [4.69, 9.17) is 0 Å². The number of nitrogens with zero attached hydrogens (tertiary/aromatic N) is 1. The Morgan fingerprint density at radius 2 is 1.62 bits per heavy atom. The summed E-state index contributed by atoms with van der Waals surface area (Å²) in [5.74, 6) is 0.112. The van der Waals surface area contributed by atoms with Gasteiger partial charge in [-0.3, -0.25) is 4.79 Å². The molecule has 2 nitrogen and oxygen atoms in total. The summed E-state index contributed by atoms with van der Waals surface area (Å²) in [6.07, 6.45) is 4.16. The van der Waals surface area contributed by atoms with Gasteiger partial charge in [0.1, 0.15) is 0 Å². The fraction of sp³-hybridized carbons (Fsp3) is 0.222. The summed E-state index contributed by atoms with van der Waals surface area (Å²) in [6.45, 7) is 5.35. The predicted octanol–water partition coefficient (Wildman–Crippen LogP) is 6.05. The molecule has 2 heteroatoms. The van der Waals surface area contributed by atoms with Crippen molar-refractivity contribution in [2.45, 2.75) is 33.2 Å². The number of para-hydroxylation sites is 1. The van der Waals surface area contributed by atoms with Crippen molar-refractivity contribution in [3.05, 3.63) is 107 Å². The number of hydrogen-bond acceptors (Lipinski definition) is 1. The lowest BCUT2D eigenvalue weighted by Crippen LogP contribution is -2.09. The Kier molecular flexibility index (Phi) is 4.16. The van der Waals surface area contributed by atoms with Crippen LogP contribution >= 0.6 is 0 Å². The number of ketones is 1. The Morgan fingerprint density at radius 1 is 0.897 bits per heavy atom. The molecular formula is C27H25NO. The van der Waals surface area contributed by atoms with E-state index >= 15 is 0 Å². The second-order valence-electron chi connectivity index (χ2n) is 9.00. The Morgan fingerprint density at radius 3 is 2.45 bits per heavy atom. The Balaban J connectivity index is 1.55. The predicted molar refractivity (Wildman–Crippen MR) is 119 cm³/mol. The molecule has 1 aliphatic carbocycles. The summed E-state index contributed by atoms with van der Waals surface area (Å²) in [6, 6.07) is 24.9. The molecule has 0 unspecified atom stereocenters. The van der Waals surface area contributed by atoms with Gasteiger partial charge in [0.2, 0.25) is 0 Å². The van der Waals surface area contributed by atoms with Crippen LogP contribution in [0.25, 0.3) is 10.9 Å². The fourth-order valence-corrected chi connectivity index (χ4v) is 4.69. The third-order valence-electron chi connectivity index (χ3n) is 6.04. The van der Waals surface area contributed by atoms with Crippen LogP contribution in [0.1, 0.15) is 46.5 Å². The van der Waals surface area contributed by atoms with Crippen LogP contribution in [0.15, 0.2) is 79.0 Å². The number of hydrogen-bond donors (Lipinski definition) is 0. The zero-order valence-corrected chi connectivity index (χ0v) is 17.0. The molecule has 0 fully saturated rings. The minimum Gasteiger partial charge on any atom is -0.342 e. The first-order chi connectivity index (χ1) is 14.0. The number of carbonyl (C=O) groups is 1. The van der Waals surface area contributed by atoms with Crippen LogP contribution in [0.2, 0.25) is 0 Å². The van der Waals surface area contributed by atoms with Crippen molar-refractivity contribution in [1.82, 2.24) is 4.57 Å². The molecule has 1 heterocycles. The van der Waals surface area contributed by atoms with Crippen LogP contribution in [0.5, 0.6) is 0 Å². The van der Waals surface area contributed by atoms with Crippen molar-refractivity contribution in [3.63, 3.8) is 0 Å². The number of benzene rings is 3. The molecule has 0 N–H and O–H groups in total. The summed E-state index contributed by atoms with van der Waals surface area (Å²) in [5, 5.41) is 1.02. The Hall–Kier alpha value is -3.13. The summed E-state index contributed by atoms with van der Waals surface area (Å²) in [4.78, 5) is 13.5. The second kappa shape index (κ2) is 6.73. The molecule has 0 atom stereocenters. The number of aromatic nitrogens is 1. The molecule has 0 aliphatic heterocycles. The highest BCUT2D eigenvalue weighted by molar-refractivity contribution is 6.16. The van der Waals surface area contributed by atoms with E-state index < -0.39 is 0 Å². The zero-order valence-electron chi connectivity index (χ0n) is 17.0. The van der Waals surface area contributed by atoms with E-state index in [1.54, 1.807) is 0 Å². The highest BCUT2D eigenvalue weighted by atomic mass is 16.1. The molecule has 29 heavy (non-hydrogen) atoms. The lowest BCUT2D eigenvalue weighted by molar-refractivity contribution is 0.104. The van der Waals surface area contributed by atoms with Gasteiger partial charge in [-0.05, 0) is 47.1 Å². The summed E-state index contributed by atoms with van der Waals surface area (Å²) >= 11 is 0. The average Bonchev–Trinajstić information content (AvgIpc) is 3.23. The molecule has 1 aliphatic rings. The highest BCUT2D eigenvalue weighted by Gasteiger charge is 2.29. The van der Waals surface area contributed by atoms with Crippen molar-refractivity contribution in [2.75, 3.05) is 0 Å². The molecule has 0 saturated heterocycles. The van der Waals surface area contributed by atoms with Crippen LogP contribution < -0.4 is 0 Å². The van der Waals surface area contributed by atoms with Gasteiger partial charge in [0, 0.05) is 34.8 Å². The first-order valence-electron chi connectivity index (χ1n) is 10.3. The van der Waals surface area contributed by atoms with Gasteiger partial charge in [-0.15, -0.1) is 0 Å². The molecular weight excluding hydrogens is 354 g/mol. The van der Waals surface area contributed by atoms with Gasteiger partial charge in [-0.1, -0.05) is 74.5 Å². The lowest BCUT2D eigenvalue weighted by Gasteiger charge is -2.14. The van der Waals surface area contributed by atoms with Crippen molar-refractivity contribution < 1.29 is 4.79 Å². The lowest BCUT2D eigenvalue weighted by atomic mass is 9.90. The van der Waals surface area contributed by atoms with E-state index in [0.717, 1.165) is 41.4 Å². The second-order valence-corrected chi connectivity index (χ2v) is 9.00. The first kappa shape index (κ1) is 17.9. The third kappa shape index (κ3) is 3.29. The largest absolute Gasteiger partial charge is 0.342 e. The van der Waals surface area contributed by atoms with Crippen molar-refractivity contribution in [1.29, 1.82) is 0 Å². The van der Waals surface area contributed by atoms with Gasteiger partial charge in [0.05, 0.1) is 0 Å². The fourth-order valence-electron chi connectivity index (χ4n) is 4.69. The highest BCUT2D eigenvalue weighted by Crippen LogP contribution is 2.37. The van der Waals surface area contributed by atoms with Gasteiger partial charge in [0.15, 0.2) is 5.78 Å². The zero-order chi connectivity index (χ0) is 20.0. The molecule has 0 saturated carbocycles. The standard InChI is InChI=1S/C27H25NO/c1-27(2)15-21-13-12-20(14-22(21)16-27)26(29)24-18-28(17-19-8-4-3-5-9-19)25-11-7-6-10-23(24)25/h3-14,18H,15-17H2,1-2H3. The maximum absolute atomic E-state index is 13.5.